The van der Waals surface area contributed by atoms with Gasteiger partial charge in [-0.15, -0.1) is 0 Å². The Balaban J connectivity index is 1.13. The molecule has 1 spiro atoms. The average molecular weight is 496 g/mol. The highest BCUT2D eigenvalue weighted by Gasteiger charge is 2.43. The maximum atomic E-state index is 13.0. The maximum Gasteiger partial charge on any atom is 0.416 e. The SMILES string of the molecule is C=C(c1ccc(-c2ccccc2)cc1)C1COC2(CCC(Nc3cccc(C(F)(F)F)c3)CC2)OO1. The summed E-state index contributed by atoms with van der Waals surface area (Å²) in [6.45, 7) is 4.52. The summed E-state index contributed by atoms with van der Waals surface area (Å²) in [6, 6.07) is 23.6. The van der Waals surface area contributed by atoms with Gasteiger partial charge in [-0.3, -0.25) is 0 Å². The average Bonchev–Trinajstić information content (AvgIpc) is 2.91. The van der Waals surface area contributed by atoms with Crippen LogP contribution in [0, 0.1) is 0 Å². The van der Waals surface area contributed by atoms with Crippen LogP contribution in [0.5, 0.6) is 0 Å². The summed E-state index contributed by atoms with van der Waals surface area (Å²) in [4.78, 5) is 11.5. The van der Waals surface area contributed by atoms with Gasteiger partial charge in [0.1, 0.15) is 6.10 Å². The van der Waals surface area contributed by atoms with E-state index in [2.05, 4.69) is 36.2 Å². The van der Waals surface area contributed by atoms with E-state index < -0.39 is 23.6 Å². The van der Waals surface area contributed by atoms with Crippen molar-refractivity contribution >= 4 is 11.3 Å². The molecule has 0 radical (unpaired) electrons. The molecule has 5 rings (SSSR count). The third-order valence-electron chi connectivity index (χ3n) is 6.87. The zero-order valence-corrected chi connectivity index (χ0v) is 19.8. The molecule has 2 fully saturated rings. The number of halogens is 3. The van der Waals surface area contributed by atoms with Gasteiger partial charge in [-0.1, -0.05) is 67.2 Å². The largest absolute Gasteiger partial charge is 0.416 e. The van der Waals surface area contributed by atoms with E-state index in [0.29, 0.717) is 38.0 Å². The van der Waals surface area contributed by atoms with Crippen LogP contribution in [0.2, 0.25) is 0 Å². The zero-order valence-electron chi connectivity index (χ0n) is 19.8. The van der Waals surface area contributed by atoms with Crippen molar-refractivity contribution in [2.75, 3.05) is 11.9 Å². The van der Waals surface area contributed by atoms with Gasteiger partial charge in [-0.2, -0.15) is 13.2 Å². The van der Waals surface area contributed by atoms with Crippen LogP contribution in [0.25, 0.3) is 16.7 Å². The van der Waals surface area contributed by atoms with Gasteiger partial charge in [0, 0.05) is 24.6 Å². The number of hydrogen-bond acceptors (Lipinski definition) is 4. The van der Waals surface area contributed by atoms with Gasteiger partial charge < -0.3 is 10.1 Å². The van der Waals surface area contributed by atoms with E-state index >= 15 is 0 Å². The number of ether oxygens (including phenoxy) is 1. The molecular formula is C29H28F3NO3. The molecule has 0 bridgehead atoms. The van der Waals surface area contributed by atoms with Gasteiger partial charge in [0.15, 0.2) is 0 Å². The molecule has 1 aliphatic heterocycles. The number of benzene rings is 3. The van der Waals surface area contributed by atoms with Gasteiger partial charge in [-0.25, -0.2) is 9.78 Å². The molecule has 3 aromatic rings. The smallest absolute Gasteiger partial charge is 0.382 e. The standard InChI is InChI=1S/C29H28F3NO3/c1-20(21-10-12-23(13-11-21)22-6-3-2-4-7-22)27-19-34-28(36-35-27)16-14-25(15-17-28)33-26-9-5-8-24(18-26)29(30,31)32/h2-13,18,25,27,33H,1,14-17,19H2. The number of anilines is 1. The number of rotatable bonds is 5. The highest BCUT2D eigenvalue weighted by molar-refractivity contribution is 5.71. The second-order valence-corrected chi connectivity index (χ2v) is 9.36. The monoisotopic (exact) mass is 495 g/mol. The second-order valence-electron chi connectivity index (χ2n) is 9.36. The lowest BCUT2D eigenvalue weighted by Gasteiger charge is -2.43. The van der Waals surface area contributed by atoms with E-state index in [4.69, 9.17) is 14.5 Å². The van der Waals surface area contributed by atoms with Crippen LogP contribution >= 0.6 is 0 Å². The Kier molecular flexibility index (Phi) is 6.88. The molecule has 1 atom stereocenters. The van der Waals surface area contributed by atoms with E-state index in [1.54, 1.807) is 6.07 Å². The zero-order chi connectivity index (χ0) is 25.2. The molecule has 4 nitrogen and oxygen atoms in total. The fourth-order valence-corrected chi connectivity index (χ4v) is 4.73. The second kappa shape index (κ2) is 10.1. The Morgan fingerprint density at radius 1 is 0.889 bits per heavy atom. The van der Waals surface area contributed by atoms with Crippen molar-refractivity contribution in [3.63, 3.8) is 0 Å². The summed E-state index contributed by atoms with van der Waals surface area (Å²) in [5, 5.41) is 3.21. The van der Waals surface area contributed by atoms with Crippen LogP contribution in [-0.2, 0) is 20.7 Å². The van der Waals surface area contributed by atoms with E-state index in [1.807, 2.05) is 30.3 Å². The number of alkyl halides is 3. The minimum absolute atomic E-state index is 0.0297. The van der Waals surface area contributed by atoms with Crippen molar-refractivity contribution in [2.24, 2.45) is 0 Å². The number of hydrogen-bond donors (Lipinski definition) is 1. The fourth-order valence-electron chi connectivity index (χ4n) is 4.73. The third kappa shape index (κ3) is 5.48. The van der Waals surface area contributed by atoms with Crippen molar-refractivity contribution in [1.82, 2.24) is 0 Å². The molecule has 3 aromatic carbocycles. The van der Waals surface area contributed by atoms with Gasteiger partial charge in [0.2, 0.25) is 5.79 Å². The maximum absolute atomic E-state index is 13.0. The summed E-state index contributed by atoms with van der Waals surface area (Å²) in [5.41, 5.74) is 3.81. The molecule has 1 aliphatic carbocycles. The highest BCUT2D eigenvalue weighted by atomic mass is 19.4. The normalized spacial score (nSPS) is 24.4. The fraction of sp³-hybridized carbons (Fsp3) is 0.310. The van der Waals surface area contributed by atoms with Crippen LogP contribution in [0.1, 0.15) is 36.8 Å². The van der Waals surface area contributed by atoms with Crippen molar-refractivity contribution in [3.05, 3.63) is 96.6 Å². The van der Waals surface area contributed by atoms with E-state index in [0.717, 1.165) is 34.4 Å². The van der Waals surface area contributed by atoms with Crippen LogP contribution < -0.4 is 5.32 Å². The van der Waals surface area contributed by atoms with Crippen LogP contribution in [0.15, 0.2) is 85.4 Å². The Bertz CT molecular complexity index is 1180. The molecule has 1 unspecified atom stereocenters. The lowest BCUT2D eigenvalue weighted by molar-refractivity contribution is -0.483. The van der Waals surface area contributed by atoms with E-state index in [9.17, 15) is 13.2 Å². The van der Waals surface area contributed by atoms with Crippen LogP contribution in [0.4, 0.5) is 18.9 Å². The van der Waals surface area contributed by atoms with Crippen LogP contribution in [-0.4, -0.2) is 24.5 Å². The molecular weight excluding hydrogens is 467 g/mol. The summed E-state index contributed by atoms with van der Waals surface area (Å²) in [7, 11) is 0. The molecule has 1 saturated carbocycles. The van der Waals surface area contributed by atoms with Crippen molar-refractivity contribution in [1.29, 1.82) is 0 Å². The molecule has 0 aromatic heterocycles. The highest BCUT2D eigenvalue weighted by Crippen LogP contribution is 2.39. The molecule has 188 valence electrons. The first-order valence-corrected chi connectivity index (χ1v) is 12.1. The molecule has 36 heavy (non-hydrogen) atoms. The van der Waals surface area contributed by atoms with E-state index in [1.165, 1.54) is 6.07 Å². The quantitative estimate of drug-likeness (QED) is 0.373. The predicted octanol–water partition coefficient (Wildman–Crippen LogP) is 7.48. The summed E-state index contributed by atoms with van der Waals surface area (Å²) in [6.07, 6.45) is -2.25. The Hall–Kier alpha value is -3.13. The lowest BCUT2D eigenvalue weighted by Crippen LogP contribution is -2.49. The summed E-state index contributed by atoms with van der Waals surface area (Å²) >= 11 is 0. The third-order valence-corrected chi connectivity index (χ3v) is 6.87. The first-order valence-electron chi connectivity index (χ1n) is 12.1. The first-order chi connectivity index (χ1) is 17.3. The van der Waals surface area contributed by atoms with Gasteiger partial charge in [-0.05, 0) is 53.3 Å². The number of nitrogens with one attached hydrogen (secondary N) is 1. The predicted molar refractivity (Wildman–Crippen MR) is 133 cm³/mol. The molecule has 7 heteroatoms. The first kappa shape index (κ1) is 24.6. The van der Waals surface area contributed by atoms with Gasteiger partial charge in [0.05, 0.1) is 12.2 Å². The van der Waals surface area contributed by atoms with Crippen molar-refractivity contribution in [3.8, 4) is 11.1 Å². The molecule has 0 amide bonds. The van der Waals surface area contributed by atoms with Crippen molar-refractivity contribution < 1.29 is 27.7 Å². The molecule has 1 saturated heterocycles. The van der Waals surface area contributed by atoms with Crippen molar-refractivity contribution in [2.45, 2.75) is 49.8 Å². The molecule has 2 aliphatic rings. The van der Waals surface area contributed by atoms with Gasteiger partial charge >= 0.3 is 6.18 Å². The Labute approximate surface area is 208 Å². The minimum Gasteiger partial charge on any atom is -0.382 e. The minimum atomic E-state index is -4.36. The molecule has 1 heterocycles. The summed E-state index contributed by atoms with van der Waals surface area (Å²) in [5.74, 6) is -0.833. The lowest BCUT2D eigenvalue weighted by atomic mass is 9.89. The Morgan fingerprint density at radius 2 is 1.58 bits per heavy atom. The Morgan fingerprint density at radius 3 is 2.22 bits per heavy atom. The van der Waals surface area contributed by atoms with Crippen LogP contribution in [0.3, 0.4) is 0 Å². The molecule has 1 N–H and O–H groups in total. The van der Waals surface area contributed by atoms with Gasteiger partial charge in [0.25, 0.3) is 0 Å². The summed E-state index contributed by atoms with van der Waals surface area (Å²) < 4.78 is 45.1. The topological polar surface area (TPSA) is 39.7 Å². The van der Waals surface area contributed by atoms with E-state index in [-0.39, 0.29) is 6.04 Å².